The van der Waals surface area contributed by atoms with Crippen LogP contribution in [0.1, 0.15) is 29.7 Å². The third kappa shape index (κ3) is 4.38. The molecule has 0 spiro atoms. The summed E-state index contributed by atoms with van der Waals surface area (Å²) in [5.74, 6) is 0.861. The van der Waals surface area contributed by atoms with Crippen molar-refractivity contribution < 1.29 is 4.74 Å². The SMILES string of the molecule is COc1ccc(-c2cn3c(C(=S)Nc4ccc(C)cc4)c(-c4ccc(Br)cc4)c4c3n2CCCC4)cc1. The van der Waals surface area contributed by atoms with Gasteiger partial charge in [0.15, 0.2) is 0 Å². The molecule has 0 unspecified atom stereocenters. The maximum Gasteiger partial charge on any atom is 0.128 e. The van der Waals surface area contributed by atoms with Crippen molar-refractivity contribution >= 4 is 44.5 Å². The first-order valence-electron chi connectivity index (χ1n) is 12.6. The van der Waals surface area contributed by atoms with E-state index in [4.69, 9.17) is 17.0 Å². The van der Waals surface area contributed by atoms with E-state index in [1.165, 1.54) is 39.2 Å². The Labute approximate surface area is 231 Å². The second-order valence-corrected chi connectivity index (χ2v) is 10.9. The number of hydrogen-bond acceptors (Lipinski definition) is 2. The van der Waals surface area contributed by atoms with Gasteiger partial charge in [-0.2, -0.15) is 0 Å². The van der Waals surface area contributed by atoms with Crippen LogP contribution in [0.2, 0.25) is 0 Å². The summed E-state index contributed by atoms with van der Waals surface area (Å²) in [6.45, 7) is 3.07. The van der Waals surface area contributed by atoms with Crippen LogP contribution in [0.4, 0.5) is 5.69 Å². The number of nitrogens with one attached hydrogen (secondary N) is 1. The molecule has 186 valence electrons. The van der Waals surface area contributed by atoms with Gasteiger partial charge in [-0.25, -0.2) is 0 Å². The monoisotopic (exact) mass is 569 g/mol. The molecule has 0 atom stereocenters. The molecule has 37 heavy (non-hydrogen) atoms. The summed E-state index contributed by atoms with van der Waals surface area (Å²) >= 11 is 9.73. The van der Waals surface area contributed by atoms with Crippen molar-refractivity contribution in [2.45, 2.75) is 32.7 Å². The van der Waals surface area contributed by atoms with Gasteiger partial charge in [0.05, 0.1) is 18.5 Å². The summed E-state index contributed by atoms with van der Waals surface area (Å²) in [5.41, 5.74) is 10.6. The highest BCUT2D eigenvalue weighted by molar-refractivity contribution is 9.10. The van der Waals surface area contributed by atoms with Crippen LogP contribution in [0.3, 0.4) is 0 Å². The van der Waals surface area contributed by atoms with E-state index >= 15 is 0 Å². The van der Waals surface area contributed by atoms with Gasteiger partial charge in [-0.1, -0.05) is 58.0 Å². The summed E-state index contributed by atoms with van der Waals surface area (Å²) < 4.78 is 11.3. The van der Waals surface area contributed by atoms with E-state index in [1.807, 2.05) is 12.1 Å². The Morgan fingerprint density at radius 3 is 2.32 bits per heavy atom. The molecule has 0 saturated carbocycles. The molecule has 4 nitrogen and oxygen atoms in total. The van der Waals surface area contributed by atoms with Crippen molar-refractivity contribution in [3.05, 3.63) is 100 Å². The quantitative estimate of drug-likeness (QED) is 0.216. The van der Waals surface area contributed by atoms with Crippen LogP contribution in [0, 0.1) is 6.92 Å². The first kappa shape index (κ1) is 24.0. The zero-order valence-electron chi connectivity index (χ0n) is 20.9. The largest absolute Gasteiger partial charge is 0.497 e. The van der Waals surface area contributed by atoms with E-state index in [2.05, 4.69) is 104 Å². The van der Waals surface area contributed by atoms with Crippen molar-refractivity contribution in [2.24, 2.45) is 0 Å². The van der Waals surface area contributed by atoms with E-state index in [1.54, 1.807) is 7.11 Å². The number of thiocarbonyl (C=S) groups is 1. The Hall–Kier alpha value is -3.35. The molecule has 1 N–H and O–H groups in total. The fourth-order valence-electron chi connectivity index (χ4n) is 5.36. The lowest BCUT2D eigenvalue weighted by Gasteiger charge is -2.12. The minimum atomic E-state index is 0.724. The van der Waals surface area contributed by atoms with E-state index in [0.29, 0.717) is 0 Å². The average molecular weight is 571 g/mol. The number of rotatable bonds is 5. The molecule has 1 aliphatic heterocycles. The predicted molar refractivity (Wildman–Crippen MR) is 160 cm³/mol. The van der Waals surface area contributed by atoms with Gasteiger partial charge in [0.1, 0.15) is 16.4 Å². The highest BCUT2D eigenvalue weighted by Crippen LogP contribution is 2.40. The van der Waals surface area contributed by atoms with Gasteiger partial charge in [0.25, 0.3) is 0 Å². The van der Waals surface area contributed by atoms with E-state index < -0.39 is 0 Å². The Morgan fingerprint density at radius 1 is 0.919 bits per heavy atom. The van der Waals surface area contributed by atoms with Crippen LogP contribution in [-0.2, 0) is 13.0 Å². The molecular weight excluding hydrogens is 542 g/mol. The summed E-state index contributed by atoms with van der Waals surface area (Å²) in [6.07, 6.45) is 5.56. The molecule has 0 fully saturated rings. The molecule has 5 aromatic rings. The van der Waals surface area contributed by atoms with Crippen molar-refractivity contribution in [1.29, 1.82) is 0 Å². The highest BCUT2D eigenvalue weighted by atomic mass is 79.9. The maximum atomic E-state index is 6.13. The zero-order valence-corrected chi connectivity index (χ0v) is 23.3. The van der Waals surface area contributed by atoms with E-state index in [0.717, 1.165) is 52.4 Å². The summed E-state index contributed by atoms with van der Waals surface area (Å²) in [4.78, 5) is 0.724. The molecular formula is C31H28BrN3OS. The van der Waals surface area contributed by atoms with Crippen LogP contribution >= 0.6 is 28.1 Å². The van der Waals surface area contributed by atoms with Gasteiger partial charge in [0.2, 0.25) is 0 Å². The Bertz CT molecular complexity index is 1600. The summed E-state index contributed by atoms with van der Waals surface area (Å²) in [5, 5.41) is 3.53. The number of anilines is 1. The molecule has 0 bridgehead atoms. The number of ether oxygens (including phenoxy) is 1. The Kier molecular flexibility index (Phi) is 6.39. The number of nitrogens with zero attached hydrogens (tertiary/aromatic N) is 2. The lowest BCUT2D eigenvalue weighted by atomic mass is 9.98. The molecule has 6 heteroatoms. The molecule has 0 radical (unpaired) electrons. The third-order valence-electron chi connectivity index (χ3n) is 7.18. The summed E-state index contributed by atoms with van der Waals surface area (Å²) in [7, 11) is 1.70. The molecule has 3 aromatic carbocycles. The van der Waals surface area contributed by atoms with Gasteiger partial charge >= 0.3 is 0 Å². The van der Waals surface area contributed by atoms with Crippen molar-refractivity contribution in [3.63, 3.8) is 0 Å². The van der Waals surface area contributed by atoms with E-state index in [-0.39, 0.29) is 0 Å². The zero-order chi connectivity index (χ0) is 25.5. The molecule has 0 aliphatic carbocycles. The van der Waals surface area contributed by atoms with Crippen molar-refractivity contribution in [3.8, 4) is 28.1 Å². The first-order valence-corrected chi connectivity index (χ1v) is 13.8. The fraction of sp³-hybridized carbons (Fsp3) is 0.194. The Morgan fingerprint density at radius 2 is 1.62 bits per heavy atom. The molecule has 3 heterocycles. The van der Waals surface area contributed by atoms with Gasteiger partial charge < -0.3 is 14.6 Å². The topological polar surface area (TPSA) is 30.6 Å². The van der Waals surface area contributed by atoms with Gasteiger partial charge in [-0.05, 0) is 85.8 Å². The Balaban J connectivity index is 1.58. The molecule has 1 aliphatic rings. The van der Waals surface area contributed by atoms with Crippen LogP contribution in [0.5, 0.6) is 5.75 Å². The molecule has 6 rings (SSSR count). The normalized spacial score (nSPS) is 12.9. The predicted octanol–water partition coefficient (Wildman–Crippen LogP) is 8.28. The lowest BCUT2D eigenvalue weighted by molar-refractivity contribution is 0.415. The molecule has 0 amide bonds. The van der Waals surface area contributed by atoms with E-state index in [9.17, 15) is 0 Å². The summed E-state index contributed by atoms with van der Waals surface area (Å²) in [6, 6.07) is 25.3. The maximum absolute atomic E-state index is 6.13. The minimum absolute atomic E-state index is 0.724. The van der Waals surface area contributed by atoms with Crippen molar-refractivity contribution in [2.75, 3.05) is 12.4 Å². The third-order valence-corrected chi connectivity index (χ3v) is 8.00. The number of hydrogen-bond donors (Lipinski definition) is 1. The minimum Gasteiger partial charge on any atom is -0.497 e. The van der Waals surface area contributed by atoms with Crippen LogP contribution in [0.25, 0.3) is 28.0 Å². The smallest absolute Gasteiger partial charge is 0.128 e. The number of benzene rings is 3. The number of halogens is 1. The van der Waals surface area contributed by atoms with Crippen molar-refractivity contribution in [1.82, 2.24) is 8.97 Å². The van der Waals surface area contributed by atoms with Gasteiger partial charge in [-0.15, -0.1) is 0 Å². The number of aromatic nitrogens is 2. The van der Waals surface area contributed by atoms with Crippen LogP contribution in [-0.4, -0.2) is 21.1 Å². The first-order chi connectivity index (χ1) is 18.0. The van der Waals surface area contributed by atoms with Gasteiger partial charge in [0, 0.05) is 34.0 Å². The lowest BCUT2D eigenvalue weighted by Crippen LogP contribution is -2.14. The average Bonchev–Trinajstić information content (AvgIpc) is 3.33. The number of imidazole rings is 1. The second-order valence-electron chi connectivity index (χ2n) is 9.57. The highest BCUT2D eigenvalue weighted by Gasteiger charge is 2.28. The molecule has 0 saturated heterocycles. The van der Waals surface area contributed by atoms with Crippen LogP contribution in [0.15, 0.2) is 83.5 Å². The standard InChI is InChI=1S/C31H28BrN3OS/c1-20-6-14-24(15-7-20)33-30(37)29-28(22-8-12-23(32)13-9-22)26-5-3-4-18-34-27(19-35(29)31(26)34)21-10-16-25(36-2)17-11-21/h6-17,19H,3-5,18H2,1-2H3,(H,33,37). The molecule has 2 aromatic heterocycles. The van der Waals surface area contributed by atoms with Crippen LogP contribution < -0.4 is 10.1 Å². The van der Waals surface area contributed by atoms with Gasteiger partial charge in [-0.3, -0.25) is 4.40 Å². The number of methoxy groups -OCH3 is 1. The fourth-order valence-corrected chi connectivity index (χ4v) is 5.94. The number of aryl methyl sites for hydroxylation is 3. The second kappa shape index (κ2) is 9.84.